The van der Waals surface area contributed by atoms with Gasteiger partial charge in [-0.05, 0) is 50.5 Å². The molecule has 2 nitrogen and oxygen atoms in total. The van der Waals surface area contributed by atoms with Crippen molar-refractivity contribution in [3.05, 3.63) is 0 Å². The van der Waals surface area contributed by atoms with Crippen molar-refractivity contribution >= 4 is 0 Å². The van der Waals surface area contributed by atoms with Gasteiger partial charge in [-0.2, -0.15) is 0 Å². The highest BCUT2D eigenvalue weighted by molar-refractivity contribution is 4.93. The number of nitrogens with one attached hydrogen (secondary N) is 1. The van der Waals surface area contributed by atoms with Gasteiger partial charge in [-0.25, -0.2) is 0 Å². The third-order valence-electron chi connectivity index (χ3n) is 4.29. The van der Waals surface area contributed by atoms with Crippen molar-refractivity contribution in [3.63, 3.8) is 0 Å². The first-order chi connectivity index (χ1) is 6.93. The van der Waals surface area contributed by atoms with Crippen LogP contribution < -0.4 is 5.32 Å². The number of aliphatic hydroxyl groups is 1. The molecule has 0 bridgehead atoms. The maximum atomic E-state index is 9.10. The molecule has 0 aromatic carbocycles. The molecule has 1 aliphatic carbocycles. The molecular formula is C13H27NO. The summed E-state index contributed by atoms with van der Waals surface area (Å²) in [6.45, 7) is 7.34. The Balaban J connectivity index is 2.53. The monoisotopic (exact) mass is 213 g/mol. The van der Waals surface area contributed by atoms with E-state index in [0.29, 0.717) is 12.0 Å². The SMILES string of the molecule is CNC1(CCO)CCC(C(C)(C)C)CC1. The molecule has 2 N–H and O–H groups in total. The Bertz CT molecular complexity index is 187. The van der Waals surface area contributed by atoms with E-state index in [9.17, 15) is 0 Å². The molecule has 0 heterocycles. The fourth-order valence-corrected chi connectivity index (χ4v) is 2.88. The second-order valence-corrected chi connectivity index (χ2v) is 6.14. The van der Waals surface area contributed by atoms with E-state index in [1.54, 1.807) is 0 Å². The first kappa shape index (κ1) is 13.0. The van der Waals surface area contributed by atoms with Crippen molar-refractivity contribution in [2.24, 2.45) is 11.3 Å². The summed E-state index contributed by atoms with van der Waals surface area (Å²) in [4.78, 5) is 0. The van der Waals surface area contributed by atoms with Gasteiger partial charge in [-0.15, -0.1) is 0 Å². The van der Waals surface area contributed by atoms with Crippen LogP contribution in [0.15, 0.2) is 0 Å². The summed E-state index contributed by atoms with van der Waals surface area (Å²) >= 11 is 0. The third-order valence-corrected chi connectivity index (χ3v) is 4.29. The first-order valence-electron chi connectivity index (χ1n) is 6.23. The average molecular weight is 213 g/mol. The molecule has 15 heavy (non-hydrogen) atoms. The Labute approximate surface area is 94.5 Å². The number of aliphatic hydroxyl groups excluding tert-OH is 1. The van der Waals surface area contributed by atoms with Gasteiger partial charge in [0.2, 0.25) is 0 Å². The van der Waals surface area contributed by atoms with Crippen molar-refractivity contribution in [2.75, 3.05) is 13.7 Å². The molecule has 0 atom stereocenters. The van der Waals surface area contributed by atoms with Crippen LogP contribution in [0.4, 0.5) is 0 Å². The highest BCUT2D eigenvalue weighted by Gasteiger charge is 2.37. The molecular weight excluding hydrogens is 186 g/mol. The van der Waals surface area contributed by atoms with Crippen molar-refractivity contribution in [1.29, 1.82) is 0 Å². The van der Waals surface area contributed by atoms with E-state index in [2.05, 4.69) is 26.1 Å². The smallest absolute Gasteiger partial charge is 0.0448 e. The van der Waals surface area contributed by atoms with Crippen LogP contribution in [0.3, 0.4) is 0 Å². The van der Waals surface area contributed by atoms with E-state index < -0.39 is 0 Å². The standard InChI is InChI=1S/C13H27NO/c1-12(2,3)11-5-7-13(14-4,8-6-11)9-10-15/h11,14-15H,5-10H2,1-4H3. The van der Waals surface area contributed by atoms with Crippen molar-refractivity contribution in [2.45, 2.75) is 58.4 Å². The Morgan fingerprint density at radius 1 is 1.27 bits per heavy atom. The Morgan fingerprint density at radius 3 is 2.13 bits per heavy atom. The van der Waals surface area contributed by atoms with E-state index in [0.717, 1.165) is 12.3 Å². The van der Waals surface area contributed by atoms with E-state index in [1.165, 1.54) is 25.7 Å². The Hall–Kier alpha value is -0.0800. The molecule has 90 valence electrons. The van der Waals surface area contributed by atoms with E-state index in [4.69, 9.17) is 5.11 Å². The van der Waals surface area contributed by atoms with Crippen LogP contribution in [0.25, 0.3) is 0 Å². The van der Waals surface area contributed by atoms with Gasteiger partial charge in [0.1, 0.15) is 0 Å². The lowest BCUT2D eigenvalue weighted by Crippen LogP contribution is -2.47. The van der Waals surface area contributed by atoms with Crippen molar-refractivity contribution < 1.29 is 5.11 Å². The Kier molecular flexibility index (Phi) is 4.19. The number of hydrogen-bond acceptors (Lipinski definition) is 2. The fourth-order valence-electron chi connectivity index (χ4n) is 2.88. The van der Waals surface area contributed by atoms with Crippen LogP contribution in [0.2, 0.25) is 0 Å². The van der Waals surface area contributed by atoms with E-state index >= 15 is 0 Å². The molecule has 1 fully saturated rings. The summed E-state index contributed by atoms with van der Waals surface area (Å²) in [6, 6.07) is 0. The summed E-state index contributed by atoms with van der Waals surface area (Å²) < 4.78 is 0. The zero-order chi connectivity index (χ0) is 11.5. The maximum absolute atomic E-state index is 9.10. The first-order valence-corrected chi connectivity index (χ1v) is 6.23. The Morgan fingerprint density at radius 2 is 1.80 bits per heavy atom. The molecule has 0 spiro atoms. The van der Waals surface area contributed by atoms with Gasteiger partial charge in [0.15, 0.2) is 0 Å². The van der Waals surface area contributed by atoms with Gasteiger partial charge >= 0.3 is 0 Å². The average Bonchev–Trinajstić information content (AvgIpc) is 2.17. The summed E-state index contributed by atoms with van der Waals surface area (Å²) in [7, 11) is 2.03. The van der Waals surface area contributed by atoms with Crippen LogP contribution in [-0.4, -0.2) is 24.3 Å². The second-order valence-electron chi connectivity index (χ2n) is 6.14. The minimum absolute atomic E-state index is 0.219. The highest BCUT2D eigenvalue weighted by atomic mass is 16.3. The van der Waals surface area contributed by atoms with Gasteiger partial charge in [-0.1, -0.05) is 20.8 Å². The van der Waals surface area contributed by atoms with Crippen LogP contribution in [0, 0.1) is 11.3 Å². The third kappa shape index (κ3) is 3.18. The molecule has 0 unspecified atom stereocenters. The summed E-state index contributed by atoms with van der Waals surface area (Å²) in [5.74, 6) is 0.845. The topological polar surface area (TPSA) is 32.3 Å². The lowest BCUT2D eigenvalue weighted by atomic mass is 9.66. The molecule has 0 aliphatic heterocycles. The molecule has 1 saturated carbocycles. The van der Waals surface area contributed by atoms with Crippen molar-refractivity contribution in [1.82, 2.24) is 5.32 Å². The highest BCUT2D eigenvalue weighted by Crippen LogP contribution is 2.42. The normalized spacial score (nSPS) is 33.0. The van der Waals surface area contributed by atoms with E-state index in [1.807, 2.05) is 7.05 Å². The quantitative estimate of drug-likeness (QED) is 0.755. The lowest BCUT2D eigenvalue weighted by Gasteiger charge is -2.44. The molecule has 0 saturated heterocycles. The molecule has 1 aliphatic rings. The van der Waals surface area contributed by atoms with Crippen LogP contribution in [0.5, 0.6) is 0 Å². The largest absolute Gasteiger partial charge is 0.396 e. The molecule has 0 aromatic heterocycles. The fraction of sp³-hybridized carbons (Fsp3) is 1.00. The number of rotatable bonds is 3. The minimum atomic E-state index is 0.219. The van der Waals surface area contributed by atoms with Crippen LogP contribution >= 0.6 is 0 Å². The summed E-state index contributed by atoms with van der Waals surface area (Å²) in [5, 5.41) is 12.5. The minimum Gasteiger partial charge on any atom is -0.396 e. The maximum Gasteiger partial charge on any atom is 0.0448 e. The molecule has 1 rings (SSSR count). The van der Waals surface area contributed by atoms with Gasteiger partial charge in [-0.3, -0.25) is 0 Å². The zero-order valence-electron chi connectivity index (χ0n) is 10.8. The summed E-state index contributed by atoms with van der Waals surface area (Å²) in [6.07, 6.45) is 5.92. The summed E-state index contributed by atoms with van der Waals surface area (Å²) in [5.41, 5.74) is 0.662. The predicted molar refractivity (Wildman–Crippen MR) is 64.9 cm³/mol. The molecule has 2 heteroatoms. The molecule has 0 amide bonds. The van der Waals surface area contributed by atoms with Gasteiger partial charge in [0.25, 0.3) is 0 Å². The van der Waals surface area contributed by atoms with Crippen LogP contribution in [0.1, 0.15) is 52.9 Å². The lowest BCUT2D eigenvalue weighted by molar-refractivity contribution is 0.0990. The van der Waals surface area contributed by atoms with E-state index in [-0.39, 0.29) is 5.54 Å². The van der Waals surface area contributed by atoms with Gasteiger partial charge in [0, 0.05) is 12.1 Å². The van der Waals surface area contributed by atoms with Gasteiger partial charge in [0.05, 0.1) is 0 Å². The van der Waals surface area contributed by atoms with Crippen molar-refractivity contribution in [3.8, 4) is 0 Å². The molecule has 0 aromatic rings. The van der Waals surface area contributed by atoms with Gasteiger partial charge < -0.3 is 10.4 Å². The molecule has 0 radical (unpaired) electrons. The zero-order valence-corrected chi connectivity index (χ0v) is 10.8. The second kappa shape index (κ2) is 4.84. The predicted octanol–water partition coefficient (Wildman–Crippen LogP) is 2.56. The number of hydrogen-bond donors (Lipinski definition) is 2. The van der Waals surface area contributed by atoms with Crippen LogP contribution in [-0.2, 0) is 0 Å².